The van der Waals surface area contributed by atoms with Crippen molar-refractivity contribution in [2.75, 3.05) is 19.8 Å². The fourth-order valence-electron chi connectivity index (χ4n) is 1.37. The van der Waals surface area contributed by atoms with Gasteiger partial charge >= 0.3 is 6.09 Å². The molecule has 0 bridgehead atoms. The highest BCUT2D eigenvalue weighted by atomic mass is 16.6. The first-order valence-corrected chi connectivity index (χ1v) is 4.87. The molecule has 80 valence electrons. The van der Waals surface area contributed by atoms with Crippen molar-refractivity contribution in [2.45, 2.75) is 19.8 Å². The highest BCUT2D eigenvalue weighted by Crippen LogP contribution is 2.13. The topological polar surface area (TPSA) is 47.6 Å². The largest absolute Gasteiger partial charge is 0.416 e. The van der Waals surface area contributed by atoms with Crippen LogP contribution in [0, 0.1) is 5.92 Å². The van der Waals surface area contributed by atoms with Crippen molar-refractivity contribution in [1.29, 1.82) is 0 Å². The SMILES string of the molecule is C=C(C)OC(=O)NCC1CCOCC1. The van der Waals surface area contributed by atoms with E-state index < -0.39 is 6.09 Å². The third kappa shape index (κ3) is 4.28. The monoisotopic (exact) mass is 199 g/mol. The number of carbonyl (C=O) groups is 1. The molecule has 1 aliphatic heterocycles. The molecule has 4 nitrogen and oxygen atoms in total. The van der Waals surface area contributed by atoms with Gasteiger partial charge in [0.05, 0.1) is 5.76 Å². The summed E-state index contributed by atoms with van der Waals surface area (Å²) in [5.41, 5.74) is 0. The van der Waals surface area contributed by atoms with E-state index in [2.05, 4.69) is 11.9 Å². The van der Waals surface area contributed by atoms with Crippen molar-refractivity contribution < 1.29 is 14.3 Å². The Hall–Kier alpha value is -1.03. The standard InChI is InChI=1S/C10H17NO3/c1-8(2)14-10(12)11-7-9-3-5-13-6-4-9/h9H,1,3-7H2,2H3,(H,11,12). The average molecular weight is 199 g/mol. The van der Waals surface area contributed by atoms with Gasteiger partial charge in [-0.3, -0.25) is 0 Å². The molecule has 1 amide bonds. The third-order valence-electron chi connectivity index (χ3n) is 2.14. The summed E-state index contributed by atoms with van der Waals surface area (Å²) in [4.78, 5) is 11.1. The molecule has 0 aromatic rings. The van der Waals surface area contributed by atoms with Crippen LogP contribution in [0.2, 0.25) is 0 Å². The van der Waals surface area contributed by atoms with Crippen molar-refractivity contribution in [3.8, 4) is 0 Å². The minimum Gasteiger partial charge on any atom is -0.416 e. The first kappa shape index (κ1) is 11.0. The smallest absolute Gasteiger partial charge is 0.412 e. The van der Waals surface area contributed by atoms with Gasteiger partial charge in [0, 0.05) is 19.8 Å². The Balaban J connectivity index is 2.12. The van der Waals surface area contributed by atoms with Gasteiger partial charge in [-0.1, -0.05) is 6.58 Å². The normalized spacial score (nSPS) is 17.5. The van der Waals surface area contributed by atoms with Gasteiger partial charge in [0.15, 0.2) is 0 Å². The average Bonchev–Trinajstić information content (AvgIpc) is 2.15. The molecule has 4 heteroatoms. The second-order valence-corrected chi connectivity index (χ2v) is 3.53. The van der Waals surface area contributed by atoms with Gasteiger partial charge in [0.1, 0.15) is 0 Å². The predicted molar refractivity (Wildman–Crippen MR) is 52.8 cm³/mol. The van der Waals surface area contributed by atoms with Gasteiger partial charge in [0.2, 0.25) is 0 Å². The van der Waals surface area contributed by atoms with Gasteiger partial charge in [-0.15, -0.1) is 0 Å². The number of hydrogen-bond donors (Lipinski definition) is 1. The minimum atomic E-state index is -0.413. The summed E-state index contributed by atoms with van der Waals surface area (Å²) in [6.07, 6.45) is 1.60. The van der Waals surface area contributed by atoms with Crippen LogP contribution in [0.1, 0.15) is 19.8 Å². The number of carbonyl (C=O) groups excluding carboxylic acids is 1. The molecule has 0 unspecified atom stereocenters. The van der Waals surface area contributed by atoms with Gasteiger partial charge in [-0.05, 0) is 25.7 Å². The Labute approximate surface area is 84.3 Å². The Morgan fingerprint density at radius 2 is 2.21 bits per heavy atom. The van der Waals surface area contributed by atoms with Crippen molar-refractivity contribution in [1.82, 2.24) is 5.32 Å². The molecule has 14 heavy (non-hydrogen) atoms. The molecule has 0 aromatic carbocycles. The molecule has 0 atom stereocenters. The van der Waals surface area contributed by atoms with E-state index in [1.807, 2.05) is 0 Å². The number of ether oxygens (including phenoxy) is 2. The highest BCUT2D eigenvalue weighted by molar-refractivity contribution is 5.68. The summed E-state index contributed by atoms with van der Waals surface area (Å²) in [6.45, 7) is 7.38. The predicted octanol–water partition coefficient (Wildman–Crippen LogP) is 1.67. The van der Waals surface area contributed by atoms with Crippen molar-refractivity contribution >= 4 is 6.09 Å². The van der Waals surface area contributed by atoms with E-state index in [0.717, 1.165) is 26.1 Å². The number of alkyl carbamates (subject to hydrolysis) is 1. The summed E-state index contributed by atoms with van der Waals surface area (Å²) < 4.78 is 9.98. The number of nitrogens with one attached hydrogen (secondary N) is 1. The Bertz CT molecular complexity index is 209. The van der Waals surface area contributed by atoms with E-state index in [-0.39, 0.29) is 0 Å². The van der Waals surface area contributed by atoms with E-state index >= 15 is 0 Å². The number of amides is 1. The molecule has 0 saturated carbocycles. The molecular formula is C10H17NO3. The van der Waals surface area contributed by atoms with E-state index in [4.69, 9.17) is 9.47 Å². The van der Waals surface area contributed by atoms with Gasteiger partial charge < -0.3 is 14.8 Å². The summed E-state index contributed by atoms with van der Waals surface area (Å²) in [5.74, 6) is 0.927. The first-order valence-electron chi connectivity index (χ1n) is 4.87. The zero-order valence-electron chi connectivity index (χ0n) is 8.54. The first-order chi connectivity index (χ1) is 6.68. The lowest BCUT2D eigenvalue weighted by Gasteiger charge is -2.21. The Kier molecular flexibility index (Phi) is 4.46. The molecule has 0 radical (unpaired) electrons. The van der Waals surface area contributed by atoms with Gasteiger partial charge in [0.25, 0.3) is 0 Å². The lowest BCUT2D eigenvalue weighted by molar-refractivity contribution is 0.0658. The fraction of sp³-hybridized carbons (Fsp3) is 0.700. The van der Waals surface area contributed by atoms with Crippen molar-refractivity contribution in [3.63, 3.8) is 0 Å². The molecular weight excluding hydrogens is 182 g/mol. The number of rotatable bonds is 3. The van der Waals surface area contributed by atoms with Crippen LogP contribution in [0.4, 0.5) is 4.79 Å². The van der Waals surface area contributed by atoms with Crippen LogP contribution in [0.5, 0.6) is 0 Å². The van der Waals surface area contributed by atoms with Gasteiger partial charge in [-0.2, -0.15) is 0 Å². The van der Waals surface area contributed by atoms with Crippen LogP contribution in [0.3, 0.4) is 0 Å². The summed E-state index contributed by atoms with van der Waals surface area (Å²) in [5, 5.41) is 2.71. The van der Waals surface area contributed by atoms with Gasteiger partial charge in [-0.25, -0.2) is 4.79 Å². The maximum atomic E-state index is 11.1. The maximum Gasteiger partial charge on any atom is 0.412 e. The van der Waals surface area contributed by atoms with E-state index in [0.29, 0.717) is 18.2 Å². The quantitative estimate of drug-likeness (QED) is 0.703. The van der Waals surface area contributed by atoms with E-state index in [1.54, 1.807) is 6.92 Å². The van der Waals surface area contributed by atoms with Crippen LogP contribution in [0.25, 0.3) is 0 Å². The maximum absolute atomic E-state index is 11.1. The number of allylic oxidation sites excluding steroid dienone is 1. The fourth-order valence-corrected chi connectivity index (χ4v) is 1.37. The zero-order valence-corrected chi connectivity index (χ0v) is 8.54. The van der Waals surface area contributed by atoms with Crippen LogP contribution >= 0.6 is 0 Å². The number of hydrogen-bond acceptors (Lipinski definition) is 3. The van der Waals surface area contributed by atoms with Crippen LogP contribution in [-0.2, 0) is 9.47 Å². The summed E-state index contributed by atoms with van der Waals surface area (Å²) in [7, 11) is 0. The third-order valence-corrected chi connectivity index (χ3v) is 2.14. The van der Waals surface area contributed by atoms with E-state index in [9.17, 15) is 4.79 Å². The van der Waals surface area contributed by atoms with Crippen LogP contribution in [-0.4, -0.2) is 25.9 Å². The second-order valence-electron chi connectivity index (χ2n) is 3.53. The molecule has 0 aromatic heterocycles. The molecule has 1 aliphatic rings. The van der Waals surface area contributed by atoms with Crippen molar-refractivity contribution in [3.05, 3.63) is 12.3 Å². The van der Waals surface area contributed by atoms with Crippen LogP contribution in [0.15, 0.2) is 12.3 Å². The minimum absolute atomic E-state index is 0.412. The zero-order chi connectivity index (χ0) is 10.4. The molecule has 1 saturated heterocycles. The lowest BCUT2D eigenvalue weighted by Crippen LogP contribution is -2.32. The Morgan fingerprint density at radius 1 is 1.57 bits per heavy atom. The molecule has 1 heterocycles. The molecule has 1 N–H and O–H groups in total. The van der Waals surface area contributed by atoms with Crippen LogP contribution < -0.4 is 5.32 Å². The summed E-state index contributed by atoms with van der Waals surface area (Å²) >= 11 is 0. The van der Waals surface area contributed by atoms with Crippen molar-refractivity contribution in [2.24, 2.45) is 5.92 Å². The highest BCUT2D eigenvalue weighted by Gasteiger charge is 2.14. The Morgan fingerprint density at radius 3 is 2.79 bits per heavy atom. The molecule has 1 fully saturated rings. The molecule has 0 spiro atoms. The summed E-state index contributed by atoms with van der Waals surface area (Å²) in [6, 6.07) is 0. The molecule has 1 rings (SSSR count). The lowest BCUT2D eigenvalue weighted by atomic mass is 10.0. The molecule has 0 aliphatic carbocycles. The van der Waals surface area contributed by atoms with E-state index in [1.165, 1.54) is 0 Å². The second kappa shape index (κ2) is 5.65.